The standard InChI is InChI=1S/C15H21NO3S/c1-13-4-6-14(7-5-13)8-10-20(18,19)16-9-2-3-15(11-16)12-17/h4-8,10,15,17H,2-3,9,11-12H2,1H3/b10-8+. The Morgan fingerprint density at radius 2 is 2.05 bits per heavy atom. The maximum atomic E-state index is 12.2. The van der Waals surface area contributed by atoms with Crippen LogP contribution in [-0.2, 0) is 10.0 Å². The summed E-state index contributed by atoms with van der Waals surface area (Å²) in [4.78, 5) is 0. The van der Waals surface area contributed by atoms with Gasteiger partial charge in [0.1, 0.15) is 0 Å². The minimum absolute atomic E-state index is 0.0493. The van der Waals surface area contributed by atoms with Crippen LogP contribution in [0, 0.1) is 12.8 Å². The van der Waals surface area contributed by atoms with E-state index in [-0.39, 0.29) is 12.5 Å². The quantitative estimate of drug-likeness (QED) is 0.924. The van der Waals surface area contributed by atoms with E-state index < -0.39 is 10.0 Å². The molecule has 4 nitrogen and oxygen atoms in total. The summed E-state index contributed by atoms with van der Waals surface area (Å²) in [6.07, 6.45) is 3.32. The van der Waals surface area contributed by atoms with Gasteiger partial charge >= 0.3 is 0 Å². The van der Waals surface area contributed by atoms with Crippen LogP contribution in [0.5, 0.6) is 0 Å². The van der Waals surface area contributed by atoms with E-state index in [1.807, 2.05) is 31.2 Å². The van der Waals surface area contributed by atoms with Crippen LogP contribution in [0.3, 0.4) is 0 Å². The average Bonchev–Trinajstić information content (AvgIpc) is 2.47. The van der Waals surface area contributed by atoms with E-state index in [4.69, 9.17) is 5.11 Å². The van der Waals surface area contributed by atoms with Gasteiger partial charge in [0.15, 0.2) is 0 Å². The van der Waals surface area contributed by atoms with Gasteiger partial charge in [0.05, 0.1) is 0 Å². The molecule has 1 atom stereocenters. The lowest BCUT2D eigenvalue weighted by atomic mass is 10.0. The van der Waals surface area contributed by atoms with Gasteiger partial charge in [0.25, 0.3) is 0 Å². The molecule has 5 heteroatoms. The Bertz CT molecular complexity index is 563. The first-order valence-corrected chi connectivity index (χ1v) is 8.37. The van der Waals surface area contributed by atoms with E-state index in [2.05, 4.69) is 0 Å². The molecule has 1 aliphatic heterocycles. The molecule has 0 aromatic heterocycles. The minimum Gasteiger partial charge on any atom is -0.396 e. The summed E-state index contributed by atoms with van der Waals surface area (Å²) in [5, 5.41) is 10.4. The van der Waals surface area contributed by atoms with Crippen molar-refractivity contribution in [3.63, 3.8) is 0 Å². The number of aryl methyl sites for hydroxylation is 1. The van der Waals surface area contributed by atoms with Crippen LogP contribution in [0.15, 0.2) is 29.7 Å². The number of rotatable bonds is 4. The van der Waals surface area contributed by atoms with Crippen molar-refractivity contribution < 1.29 is 13.5 Å². The highest BCUT2D eigenvalue weighted by atomic mass is 32.2. The predicted molar refractivity (Wildman–Crippen MR) is 80.5 cm³/mol. The fraction of sp³-hybridized carbons (Fsp3) is 0.467. The maximum absolute atomic E-state index is 12.2. The second-order valence-corrected chi connectivity index (χ2v) is 7.13. The third-order valence-electron chi connectivity index (χ3n) is 3.61. The predicted octanol–water partition coefficient (Wildman–Crippen LogP) is 2.00. The van der Waals surface area contributed by atoms with E-state index in [1.54, 1.807) is 6.08 Å². The fourth-order valence-corrected chi connectivity index (χ4v) is 3.64. The topological polar surface area (TPSA) is 57.6 Å². The van der Waals surface area contributed by atoms with E-state index in [1.165, 1.54) is 9.71 Å². The van der Waals surface area contributed by atoms with Crippen molar-refractivity contribution in [1.29, 1.82) is 0 Å². The van der Waals surface area contributed by atoms with Gasteiger partial charge in [0.2, 0.25) is 10.0 Å². The monoisotopic (exact) mass is 295 g/mol. The normalized spacial score (nSPS) is 21.4. The molecule has 1 N–H and O–H groups in total. The average molecular weight is 295 g/mol. The minimum atomic E-state index is -3.39. The number of hydrogen-bond acceptors (Lipinski definition) is 3. The van der Waals surface area contributed by atoms with E-state index in [0.717, 1.165) is 24.0 Å². The van der Waals surface area contributed by atoms with Crippen molar-refractivity contribution in [3.8, 4) is 0 Å². The Hall–Kier alpha value is -1.17. The number of sulfonamides is 1. The lowest BCUT2D eigenvalue weighted by Crippen LogP contribution is -2.39. The molecule has 1 aliphatic rings. The third-order valence-corrected chi connectivity index (χ3v) is 5.14. The molecule has 0 saturated carbocycles. The summed E-state index contributed by atoms with van der Waals surface area (Å²) in [6, 6.07) is 7.70. The smallest absolute Gasteiger partial charge is 0.236 e. The van der Waals surface area contributed by atoms with Crippen LogP contribution in [0.4, 0.5) is 0 Å². The van der Waals surface area contributed by atoms with Crippen LogP contribution < -0.4 is 0 Å². The first kappa shape index (κ1) is 15.2. The Morgan fingerprint density at radius 3 is 2.70 bits per heavy atom. The van der Waals surface area contributed by atoms with Crippen LogP contribution in [0.25, 0.3) is 6.08 Å². The summed E-state index contributed by atoms with van der Waals surface area (Å²) < 4.78 is 26.0. The van der Waals surface area contributed by atoms with Crippen LogP contribution in [0.2, 0.25) is 0 Å². The molecule has 20 heavy (non-hydrogen) atoms. The summed E-state index contributed by atoms with van der Waals surface area (Å²) in [6.45, 7) is 2.99. The summed E-state index contributed by atoms with van der Waals surface area (Å²) in [5.74, 6) is 0.0614. The molecule has 1 aromatic carbocycles. The number of aliphatic hydroxyl groups excluding tert-OH is 1. The van der Waals surface area contributed by atoms with Crippen LogP contribution in [-0.4, -0.2) is 37.5 Å². The molecule has 0 aliphatic carbocycles. The number of benzene rings is 1. The zero-order chi connectivity index (χ0) is 14.6. The molecule has 0 amide bonds. The van der Waals surface area contributed by atoms with Crippen molar-refractivity contribution in [2.45, 2.75) is 19.8 Å². The van der Waals surface area contributed by atoms with Crippen molar-refractivity contribution in [1.82, 2.24) is 4.31 Å². The van der Waals surface area contributed by atoms with Gasteiger partial charge in [-0.05, 0) is 37.3 Å². The third kappa shape index (κ3) is 3.91. The summed E-state index contributed by atoms with van der Waals surface area (Å²) in [5.41, 5.74) is 2.02. The van der Waals surface area contributed by atoms with Gasteiger partial charge in [-0.15, -0.1) is 0 Å². The van der Waals surface area contributed by atoms with Gasteiger partial charge in [-0.25, -0.2) is 8.42 Å². The van der Waals surface area contributed by atoms with E-state index >= 15 is 0 Å². The molecule has 110 valence electrons. The number of hydrogen-bond donors (Lipinski definition) is 1. The van der Waals surface area contributed by atoms with Crippen molar-refractivity contribution in [2.75, 3.05) is 19.7 Å². The van der Waals surface area contributed by atoms with Crippen molar-refractivity contribution in [2.24, 2.45) is 5.92 Å². The second kappa shape index (κ2) is 6.52. The Labute approximate surface area is 120 Å². The van der Waals surface area contributed by atoms with Crippen LogP contribution in [0.1, 0.15) is 24.0 Å². The molecule has 0 bridgehead atoms. The number of piperidine rings is 1. The number of aliphatic hydroxyl groups is 1. The van der Waals surface area contributed by atoms with Gasteiger partial charge in [-0.3, -0.25) is 0 Å². The van der Waals surface area contributed by atoms with E-state index in [0.29, 0.717) is 13.1 Å². The van der Waals surface area contributed by atoms with Gasteiger partial charge in [-0.2, -0.15) is 4.31 Å². The van der Waals surface area contributed by atoms with Crippen molar-refractivity contribution >= 4 is 16.1 Å². The van der Waals surface area contributed by atoms with Crippen molar-refractivity contribution in [3.05, 3.63) is 40.8 Å². The zero-order valence-corrected chi connectivity index (χ0v) is 12.5. The molecule has 1 aromatic rings. The summed E-state index contributed by atoms with van der Waals surface area (Å²) in [7, 11) is -3.39. The fourth-order valence-electron chi connectivity index (χ4n) is 2.34. The Kier molecular flexibility index (Phi) is 4.96. The molecular formula is C15H21NO3S. The first-order valence-electron chi connectivity index (χ1n) is 6.87. The lowest BCUT2D eigenvalue weighted by Gasteiger charge is -2.29. The molecule has 1 heterocycles. The highest BCUT2D eigenvalue weighted by Crippen LogP contribution is 2.20. The molecule has 0 spiro atoms. The summed E-state index contributed by atoms with van der Waals surface area (Å²) >= 11 is 0. The second-order valence-electron chi connectivity index (χ2n) is 5.31. The molecule has 1 saturated heterocycles. The zero-order valence-electron chi connectivity index (χ0n) is 11.7. The first-order chi connectivity index (χ1) is 9.51. The maximum Gasteiger partial charge on any atom is 0.236 e. The van der Waals surface area contributed by atoms with Gasteiger partial charge in [-0.1, -0.05) is 29.8 Å². The van der Waals surface area contributed by atoms with Crippen LogP contribution >= 0.6 is 0 Å². The largest absolute Gasteiger partial charge is 0.396 e. The molecule has 1 unspecified atom stereocenters. The highest BCUT2D eigenvalue weighted by Gasteiger charge is 2.26. The Morgan fingerprint density at radius 1 is 1.35 bits per heavy atom. The van der Waals surface area contributed by atoms with Gasteiger partial charge < -0.3 is 5.11 Å². The SMILES string of the molecule is Cc1ccc(/C=C/S(=O)(=O)N2CCCC(CO)C2)cc1. The molecule has 0 radical (unpaired) electrons. The van der Waals surface area contributed by atoms with Gasteiger partial charge in [0, 0.05) is 25.1 Å². The number of nitrogens with zero attached hydrogens (tertiary/aromatic N) is 1. The lowest BCUT2D eigenvalue weighted by molar-refractivity contribution is 0.166. The molecule has 1 fully saturated rings. The Balaban J connectivity index is 2.08. The molecular weight excluding hydrogens is 274 g/mol. The molecule has 2 rings (SSSR count). The van der Waals surface area contributed by atoms with E-state index in [9.17, 15) is 8.42 Å². The highest BCUT2D eigenvalue weighted by molar-refractivity contribution is 7.92.